The molecule has 72 valence electrons. The minimum atomic E-state index is 0.592. The highest BCUT2D eigenvalue weighted by atomic mass is 16.3. The third-order valence-electron chi connectivity index (χ3n) is 2.63. The number of aromatic nitrogens is 2. The topological polar surface area (TPSA) is 43.6 Å². The molecule has 0 fully saturated rings. The lowest BCUT2D eigenvalue weighted by atomic mass is 10.2. The van der Waals surface area contributed by atoms with Crippen LogP contribution >= 0.6 is 0 Å². The summed E-state index contributed by atoms with van der Waals surface area (Å²) in [7, 11) is 0. The third-order valence-corrected chi connectivity index (χ3v) is 2.63. The molecule has 0 saturated heterocycles. The Kier molecular flexibility index (Phi) is 1.06. The molecule has 0 spiro atoms. The van der Waals surface area contributed by atoms with Crippen molar-refractivity contribution in [2.75, 3.05) is 0 Å². The number of imidazole rings is 1. The predicted octanol–water partition coefficient (Wildman–Crippen LogP) is 2.83. The summed E-state index contributed by atoms with van der Waals surface area (Å²) in [6.45, 7) is 0. The molecule has 0 N–H and O–H groups in total. The van der Waals surface area contributed by atoms with Gasteiger partial charge < -0.3 is 8.83 Å². The molecule has 4 rings (SSSR count). The van der Waals surface area contributed by atoms with Gasteiger partial charge in [0.2, 0.25) is 0 Å². The van der Waals surface area contributed by atoms with Crippen LogP contribution in [0.1, 0.15) is 0 Å². The second-order valence-electron chi connectivity index (χ2n) is 3.44. The minimum Gasteiger partial charge on any atom is -0.462 e. The van der Waals surface area contributed by atoms with E-state index in [0.717, 1.165) is 22.0 Å². The van der Waals surface area contributed by atoms with E-state index in [1.165, 1.54) is 0 Å². The van der Waals surface area contributed by atoms with Crippen LogP contribution in [0.5, 0.6) is 0 Å². The standard InChI is InChI=1S/C11H6N2O2/c1-2-8-9(10-7(1)3-5-14-10)12-11-13(8)4-6-15-11/h1-6H. The van der Waals surface area contributed by atoms with Crippen molar-refractivity contribution in [1.82, 2.24) is 9.38 Å². The van der Waals surface area contributed by atoms with E-state index >= 15 is 0 Å². The number of hydrogen-bond acceptors (Lipinski definition) is 3. The lowest BCUT2D eigenvalue weighted by Gasteiger charge is -1.90. The Hall–Kier alpha value is -2.23. The van der Waals surface area contributed by atoms with Gasteiger partial charge in [0.05, 0.1) is 11.8 Å². The van der Waals surface area contributed by atoms with Crippen LogP contribution in [0.3, 0.4) is 0 Å². The van der Waals surface area contributed by atoms with Gasteiger partial charge in [-0.2, -0.15) is 4.98 Å². The number of rotatable bonds is 0. The molecule has 0 bridgehead atoms. The van der Waals surface area contributed by atoms with Crippen LogP contribution in [-0.2, 0) is 0 Å². The quantitative estimate of drug-likeness (QED) is 0.436. The van der Waals surface area contributed by atoms with Crippen molar-refractivity contribution >= 4 is 27.8 Å². The molecular formula is C11H6N2O2. The van der Waals surface area contributed by atoms with E-state index in [1.54, 1.807) is 12.5 Å². The van der Waals surface area contributed by atoms with E-state index in [1.807, 2.05) is 28.8 Å². The second-order valence-corrected chi connectivity index (χ2v) is 3.44. The van der Waals surface area contributed by atoms with Gasteiger partial charge in [-0.1, -0.05) is 0 Å². The van der Waals surface area contributed by atoms with E-state index in [0.29, 0.717) is 5.84 Å². The molecule has 15 heavy (non-hydrogen) atoms. The summed E-state index contributed by atoms with van der Waals surface area (Å²) in [6.07, 6.45) is 5.14. The third kappa shape index (κ3) is 0.747. The van der Waals surface area contributed by atoms with Crippen LogP contribution < -0.4 is 0 Å². The molecule has 3 heterocycles. The van der Waals surface area contributed by atoms with Gasteiger partial charge in [-0.05, 0) is 18.2 Å². The number of hydrogen-bond donors (Lipinski definition) is 0. The van der Waals surface area contributed by atoms with Gasteiger partial charge in [-0.3, -0.25) is 4.40 Å². The fourth-order valence-corrected chi connectivity index (χ4v) is 1.94. The molecule has 4 aromatic rings. The zero-order valence-corrected chi connectivity index (χ0v) is 7.68. The van der Waals surface area contributed by atoms with E-state index < -0.39 is 0 Å². The fraction of sp³-hybridized carbons (Fsp3) is 0. The normalized spacial score (nSPS) is 12.0. The number of furan rings is 1. The Bertz CT molecular complexity index is 775. The molecule has 4 nitrogen and oxygen atoms in total. The average molecular weight is 198 g/mol. The van der Waals surface area contributed by atoms with Gasteiger partial charge in [0.1, 0.15) is 11.8 Å². The van der Waals surface area contributed by atoms with E-state index in [2.05, 4.69) is 4.98 Å². The van der Waals surface area contributed by atoms with Crippen LogP contribution in [0, 0.1) is 0 Å². The summed E-state index contributed by atoms with van der Waals surface area (Å²) < 4.78 is 12.6. The highest BCUT2D eigenvalue weighted by Crippen LogP contribution is 2.26. The Labute approximate surface area is 83.7 Å². The van der Waals surface area contributed by atoms with E-state index in [4.69, 9.17) is 8.83 Å². The summed E-state index contributed by atoms with van der Waals surface area (Å²) in [4.78, 5) is 4.38. The maximum absolute atomic E-state index is 5.41. The summed E-state index contributed by atoms with van der Waals surface area (Å²) in [5.41, 5.74) is 2.66. The minimum absolute atomic E-state index is 0.592. The Morgan fingerprint density at radius 3 is 3.07 bits per heavy atom. The van der Waals surface area contributed by atoms with Crippen molar-refractivity contribution in [3.05, 3.63) is 36.9 Å². The van der Waals surface area contributed by atoms with Crippen LogP contribution in [0.15, 0.2) is 45.8 Å². The van der Waals surface area contributed by atoms with E-state index in [-0.39, 0.29) is 0 Å². The van der Waals surface area contributed by atoms with Crippen molar-refractivity contribution in [3.8, 4) is 0 Å². The maximum Gasteiger partial charge on any atom is 0.306 e. The van der Waals surface area contributed by atoms with Crippen molar-refractivity contribution in [1.29, 1.82) is 0 Å². The first-order valence-electron chi connectivity index (χ1n) is 4.65. The second kappa shape index (κ2) is 2.23. The van der Waals surface area contributed by atoms with Crippen molar-refractivity contribution < 1.29 is 8.83 Å². The van der Waals surface area contributed by atoms with Gasteiger partial charge in [0, 0.05) is 11.6 Å². The first-order chi connectivity index (χ1) is 7.43. The van der Waals surface area contributed by atoms with E-state index in [9.17, 15) is 0 Å². The fourth-order valence-electron chi connectivity index (χ4n) is 1.94. The van der Waals surface area contributed by atoms with Gasteiger partial charge in [-0.25, -0.2) is 0 Å². The van der Waals surface area contributed by atoms with Crippen molar-refractivity contribution in [2.45, 2.75) is 0 Å². The SMILES string of the molecule is c1cc2ccc3c(nc4occn43)c2o1. The lowest BCUT2D eigenvalue weighted by molar-refractivity contribution is 0.596. The molecule has 0 atom stereocenters. The smallest absolute Gasteiger partial charge is 0.306 e. The van der Waals surface area contributed by atoms with Crippen LogP contribution in [0.25, 0.3) is 27.8 Å². The van der Waals surface area contributed by atoms with Crippen LogP contribution in [0.4, 0.5) is 0 Å². The largest absolute Gasteiger partial charge is 0.462 e. The molecule has 0 amide bonds. The Morgan fingerprint density at radius 1 is 1.07 bits per heavy atom. The Morgan fingerprint density at radius 2 is 2.07 bits per heavy atom. The first-order valence-corrected chi connectivity index (χ1v) is 4.65. The highest BCUT2D eigenvalue weighted by molar-refractivity contribution is 6.01. The summed E-state index contributed by atoms with van der Waals surface area (Å²) in [6, 6.07) is 5.96. The molecule has 0 aliphatic carbocycles. The predicted molar refractivity (Wildman–Crippen MR) is 54.7 cm³/mol. The zero-order chi connectivity index (χ0) is 9.83. The van der Waals surface area contributed by atoms with Gasteiger partial charge in [0.15, 0.2) is 5.58 Å². The van der Waals surface area contributed by atoms with Gasteiger partial charge in [-0.15, -0.1) is 0 Å². The molecule has 4 heteroatoms. The summed E-state index contributed by atoms with van der Waals surface area (Å²) in [5, 5.41) is 1.06. The zero-order valence-electron chi connectivity index (χ0n) is 7.68. The first kappa shape index (κ1) is 7.11. The van der Waals surface area contributed by atoms with Crippen LogP contribution in [0.2, 0.25) is 0 Å². The monoisotopic (exact) mass is 198 g/mol. The number of benzene rings is 1. The summed E-state index contributed by atoms with van der Waals surface area (Å²) >= 11 is 0. The average Bonchev–Trinajstić information content (AvgIpc) is 2.90. The molecule has 0 radical (unpaired) electrons. The number of oxazole rings is 1. The molecule has 3 aromatic heterocycles. The molecule has 0 unspecified atom stereocenters. The molecule has 0 saturated carbocycles. The highest BCUT2D eigenvalue weighted by Gasteiger charge is 2.11. The Balaban J connectivity index is 2.41. The molecule has 0 aliphatic heterocycles. The lowest BCUT2D eigenvalue weighted by Crippen LogP contribution is -1.75. The van der Waals surface area contributed by atoms with Gasteiger partial charge in [0.25, 0.3) is 0 Å². The number of nitrogens with zero attached hydrogens (tertiary/aromatic N) is 2. The number of fused-ring (bicyclic) bond motifs is 5. The molecule has 0 aliphatic rings. The summed E-state index contributed by atoms with van der Waals surface area (Å²) in [5.74, 6) is 0.592. The van der Waals surface area contributed by atoms with Crippen molar-refractivity contribution in [2.24, 2.45) is 0 Å². The maximum atomic E-state index is 5.41. The molecule has 1 aromatic carbocycles. The van der Waals surface area contributed by atoms with Gasteiger partial charge >= 0.3 is 5.84 Å². The van der Waals surface area contributed by atoms with Crippen molar-refractivity contribution in [3.63, 3.8) is 0 Å². The van der Waals surface area contributed by atoms with Crippen LogP contribution in [-0.4, -0.2) is 9.38 Å². The molecular weight excluding hydrogens is 192 g/mol.